The average Bonchev–Trinajstić information content (AvgIpc) is 2.19. The summed E-state index contributed by atoms with van der Waals surface area (Å²) in [5, 5.41) is 0. The van der Waals surface area contributed by atoms with Gasteiger partial charge in [0.25, 0.3) is 0 Å². The van der Waals surface area contributed by atoms with Crippen molar-refractivity contribution < 1.29 is 4.39 Å². The van der Waals surface area contributed by atoms with Gasteiger partial charge in [0.05, 0.1) is 5.69 Å². The first-order valence-electron chi connectivity index (χ1n) is 5.88. The second-order valence-electron chi connectivity index (χ2n) is 4.81. The van der Waals surface area contributed by atoms with Gasteiger partial charge in [0.1, 0.15) is 5.82 Å². The van der Waals surface area contributed by atoms with Crippen molar-refractivity contribution in [2.45, 2.75) is 25.8 Å². The number of hydrogen-bond acceptors (Lipinski definition) is 2. The van der Waals surface area contributed by atoms with Gasteiger partial charge in [0, 0.05) is 13.1 Å². The van der Waals surface area contributed by atoms with Crippen LogP contribution in [0.1, 0.15) is 24.8 Å². The van der Waals surface area contributed by atoms with Crippen molar-refractivity contribution in [2.75, 3.05) is 19.3 Å². The normalized spacial score (nSPS) is 16.4. The van der Waals surface area contributed by atoms with Gasteiger partial charge in [-0.05, 0) is 37.4 Å². The molecular weight excluding hydrogens is 203 g/mol. The minimum atomic E-state index is -0.311. The predicted octanol–water partition coefficient (Wildman–Crippen LogP) is 2.64. The third-order valence-electron chi connectivity index (χ3n) is 3.38. The molecule has 0 radical (unpaired) electrons. The summed E-state index contributed by atoms with van der Waals surface area (Å²) in [4.78, 5) is 2.23. The monoisotopic (exact) mass is 222 g/mol. The van der Waals surface area contributed by atoms with Crippen LogP contribution in [0.25, 0.3) is 0 Å². The van der Waals surface area contributed by atoms with Crippen LogP contribution in [0.15, 0.2) is 18.2 Å². The van der Waals surface area contributed by atoms with Crippen molar-refractivity contribution in [3.8, 4) is 0 Å². The first kappa shape index (κ1) is 11.4. The molecule has 0 bridgehead atoms. The zero-order valence-corrected chi connectivity index (χ0v) is 9.75. The standard InChI is InChI=1S/C13H19FN2/c1-16(8-10-4-2-5-10)9-11-6-3-7-12(14)13(11)15/h3,6-7,10H,2,4-5,8-9,15H2,1H3. The van der Waals surface area contributed by atoms with Gasteiger partial charge in [0.15, 0.2) is 0 Å². The Morgan fingerprint density at radius 3 is 2.81 bits per heavy atom. The average molecular weight is 222 g/mol. The molecule has 1 aliphatic carbocycles. The predicted molar refractivity (Wildman–Crippen MR) is 64.5 cm³/mol. The number of para-hydroxylation sites is 1. The van der Waals surface area contributed by atoms with Crippen LogP contribution in [0.2, 0.25) is 0 Å². The first-order chi connectivity index (χ1) is 7.66. The summed E-state index contributed by atoms with van der Waals surface area (Å²) in [6.45, 7) is 1.83. The first-order valence-corrected chi connectivity index (χ1v) is 5.88. The van der Waals surface area contributed by atoms with E-state index in [9.17, 15) is 4.39 Å². The van der Waals surface area contributed by atoms with E-state index in [1.54, 1.807) is 6.07 Å². The molecule has 1 fully saturated rings. The molecule has 88 valence electrons. The molecule has 0 aromatic heterocycles. The highest BCUT2D eigenvalue weighted by atomic mass is 19.1. The number of nitrogen functional groups attached to an aromatic ring is 1. The van der Waals surface area contributed by atoms with Crippen molar-refractivity contribution in [1.29, 1.82) is 0 Å². The van der Waals surface area contributed by atoms with E-state index in [2.05, 4.69) is 11.9 Å². The van der Waals surface area contributed by atoms with E-state index in [-0.39, 0.29) is 5.82 Å². The Kier molecular flexibility index (Phi) is 3.44. The van der Waals surface area contributed by atoms with Crippen molar-refractivity contribution in [2.24, 2.45) is 5.92 Å². The molecule has 0 unspecified atom stereocenters. The van der Waals surface area contributed by atoms with E-state index in [0.717, 1.165) is 24.6 Å². The maximum Gasteiger partial charge on any atom is 0.146 e. The molecule has 1 aliphatic rings. The number of halogens is 1. The zero-order valence-electron chi connectivity index (χ0n) is 9.75. The SMILES string of the molecule is CN(Cc1cccc(F)c1N)CC1CCC1. The molecule has 2 nitrogen and oxygen atoms in total. The van der Waals surface area contributed by atoms with Crippen LogP contribution in [0.3, 0.4) is 0 Å². The topological polar surface area (TPSA) is 29.3 Å². The molecule has 2 rings (SSSR count). The lowest BCUT2D eigenvalue weighted by molar-refractivity contribution is 0.200. The highest BCUT2D eigenvalue weighted by Gasteiger charge is 2.19. The summed E-state index contributed by atoms with van der Waals surface area (Å²) in [7, 11) is 2.07. The fourth-order valence-electron chi connectivity index (χ4n) is 2.19. The number of nitrogens with two attached hydrogens (primary N) is 1. The van der Waals surface area contributed by atoms with E-state index >= 15 is 0 Å². The molecule has 0 atom stereocenters. The molecule has 1 aromatic rings. The van der Waals surface area contributed by atoms with Crippen molar-refractivity contribution in [3.63, 3.8) is 0 Å². The Morgan fingerprint density at radius 2 is 2.19 bits per heavy atom. The zero-order chi connectivity index (χ0) is 11.5. The lowest BCUT2D eigenvalue weighted by Crippen LogP contribution is -2.29. The van der Waals surface area contributed by atoms with Crippen molar-refractivity contribution in [3.05, 3.63) is 29.6 Å². The van der Waals surface area contributed by atoms with Crippen molar-refractivity contribution >= 4 is 5.69 Å². The van der Waals surface area contributed by atoms with Crippen LogP contribution in [0.5, 0.6) is 0 Å². The Morgan fingerprint density at radius 1 is 1.44 bits per heavy atom. The molecule has 1 saturated carbocycles. The van der Waals surface area contributed by atoms with E-state index in [1.807, 2.05) is 6.07 Å². The third kappa shape index (κ3) is 2.53. The number of rotatable bonds is 4. The number of anilines is 1. The lowest BCUT2D eigenvalue weighted by Gasteiger charge is -2.30. The van der Waals surface area contributed by atoms with Gasteiger partial charge < -0.3 is 10.6 Å². The quantitative estimate of drug-likeness (QED) is 0.793. The van der Waals surface area contributed by atoms with Crippen molar-refractivity contribution in [1.82, 2.24) is 4.90 Å². The van der Waals surface area contributed by atoms with Crippen LogP contribution in [0, 0.1) is 11.7 Å². The summed E-state index contributed by atoms with van der Waals surface area (Å²) in [6.07, 6.45) is 4.03. The van der Waals surface area contributed by atoms with Gasteiger partial charge in [-0.15, -0.1) is 0 Å². The summed E-state index contributed by atoms with van der Waals surface area (Å²) in [5.41, 5.74) is 6.89. The number of nitrogens with zero attached hydrogens (tertiary/aromatic N) is 1. The van der Waals surface area contributed by atoms with Gasteiger partial charge in [-0.1, -0.05) is 18.6 Å². The van der Waals surface area contributed by atoms with Crippen LogP contribution in [-0.4, -0.2) is 18.5 Å². The minimum Gasteiger partial charge on any atom is -0.396 e. The van der Waals surface area contributed by atoms with Crippen LogP contribution in [0.4, 0.5) is 10.1 Å². The maximum absolute atomic E-state index is 13.2. The van der Waals surface area contributed by atoms with Gasteiger partial charge in [-0.2, -0.15) is 0 Å². The Labute approximate surface area is 96.2 Å². The molecule has 3 heteroatoms. The van der Waals surface area contributed by atoms with E-state index in [0.29, 0.717) is 5.69 Å². The Bertz CT molecular complexity index is 361. The highest BCUT2D eigenvalue weighted by Crippen LogP contribution is 2.27. The maximum atomic E-state index is 13.2. The van der Waals surface area contributed by atoms with Gasteiger partial charge in [-0.3, -0.25) is 0 Å². The molecular formula is C13H19FN2. The van der Waals surface area contributed by atoms with Crippen LogP contribution < -0.4 is 5.73 Å². The van der Waals surface area contributed by atoms with Crippen LogP contribution in [-0.2, 0) is 6.54 Å². The molecule has 0 heterocycles. The second-order valence-corrected chi connectivity index (χ2v) is 4.81. The van der Waals surface area contributed by atoms with E-state index in [4.69, 9.17) is 5.73 Å². The molecule has 2 N–H and O–H groups in total. The Hall–Kier alpha value is -1.09. The Balaban J connectivity index is 1.94. The molecule has 0 saturated heterocycles. The molecule has 16 heavy (non-hydrogen) atoms. The van der Waals surface area contributed by atoms with Gasteiger partial charge in [0.2, 0.25) is 0 Å². The fraction of sp³-hybridized carbons (Fsp3) is 0.538. The molecule has 0 spiro atoms. The summed E-state index contributed by atoms with van der Waals surface area (Å²) in [5.74, 6) is 0.523. The smallest absolute Gasteiger partial charge is 0.146 e. The molecule has 1 aromatic carbocycles. The van der Waals surface area contributed by atoms with E-state index < -0.39 is 0 Å². The summed E-state index contributed by atoms with van der Waals surface area (Å²) >= 11 is 0. The summed E-state index contributed by atoms with van der Waals surface area (Å²) in [6, 6.07) is 5.03. The minimum absolute atomic E-state index is 0.294. The number of benzene rings is 1. The summed E-state index contributed by atoms with van der Waals surface area (Å²) < 4.78 is 13.2. The third-order valence-corrected chi connectivity index (χ3v) is 3.38. The highest BCUT2D eigenvalue weighted by molar-refractivity contribution is 5.47. The van der Waals surface area contributed by atoms with E-state index in [1.165, 1.54) is 25.3 Å². The van der Waals surface area contributed by atoms with Gasteiger partial charge in [-0.25, -0.2) is 4.39 Å². The second kappa shape index (κ2) is 4.83. The molecule has 0 amide bonds. The van der Waals surface area contributed by atoms with Crippen LogP contribution >= 0.6 is 0 Å². The number of hydrogen-bond donors (Lipinski definition) is 1. The lowest BCUT2D eigenvalue weighted by atomic mass is 9.85. The van der Waals surface area contributed by atoms with Gasteiger partial charge >= 0.3 is 0 Å². The molecule has 0 aliphatic heterocycles. The largest absolute Gasteiger partial charge is 0.396 e. The fourth-order valence-corrected chi connectivity index (χ4v) is 2.19.